The molecule has 0 spiro atoms. The fourth-order valence-corrected chi connectivity index (χ4v) is 3.21. The number of carbonyl (C=O) groups is 1. The Kier molecular flexibility index (Phi) is 6.12. The molecule has 0 fully saturated rings. The number of hydrogen-bond donors (Lipinski definition) is 0. The van der Waals surface area contributed by atoms with Gasteiger partial charge in [-0.15, -0.1) is 0 Å². The van der Waals surface area contributed by atoms with Crippen molar-refractivity contribution in [3.63, 3.8) is 0 Å². The van der Waals surface area contributed by atoms with Gasteiger partial charge in [-0.05, 0) is 31.9 Å². The van der Waals surface area contributed by atoms with E-state index >= 15 is 0 Å². The second-order valence-corrected chi connectivity index (χ2v) is 6.57. The van der Waals surface area contributed by atoms with E-state index < -0.39 is 5.56 Å². The van der Waals surface area contributed by atoms with E-state index in [0.29, 0.717) is 54.7 Å². The van der Waals surface area contributed by atoms with Crippen LogP contribution in [0, 0.1) is 11.3 Å². The van der Waals surface area contributed by atoms with Gasteiger partial charge in [-0.1, -0.05) is 29.8 Å². The van der Waals surface area contributed by atoms with Crippen molar-refractivity contribution < 1.29 is 9.53 Å². The molecule has 2 aromatic heterocycles. The van der Waals surface area contributed by atoms with Crippen molar-refractivity contribution in [3.05, 3.63) is 63.0 Å². The van der Waals surface area contributed by atoms with Crippen LogP contribution in [-0.2, 0) is 17.8 Å². The number of aryl methyl sites for hydroxylation is 2. The molecule has 0 unspecified atom stereocenters. The third-order valence-electron chi connectivity index (χ3n) is 4.36. The summed E-state index contributed by atoms with van der Waals surface area (Å²) in [6.45, 7) is 3.05. The van der Waals surface area contributed by atoms with Crippen molar-refractivity contribution in [1.82, 2.24) is 14.3 Å². The predicted octanol–water partition coefficient (Wildman–Crippen LogP) is 3.38. The van der Waals surface area contributed by atoms with Gasteiger partial charge in [-0.2, -0.15) is 10.4 Å². The highest BCUT2D eigenvalue weighted by Gasteiger charge is 2.17. The van der Waals surface area contributed by atoms with Crippen LogP contribution in [0.15, 0.2) is 41.3 Å². The van der Waals surface area contributed by atoms with Crippen LogP contribution in [0.3, 0.4) is 0 Å². The zero-order valence-corrected chi connectivity index (χ0v) is 16.1. The number of rotatable bonds is 7. The molecule has 2 heterocycles. The average molecular weight is 399 g/mol. The minimum absolute atomic E-state index is 0.0129. The van der Waals surface area contributed by atoms with Gasteiger partial charge in [0.25, 0.3) is 5.56 Å². The van der Waals surface area contributed by atoms with E-state index in [1.165, 1.54) is 4.68 Å². The predicted molar refractivity (Wildman–Crippen MR) is 105 cm³/mol. The third-order valence-corrected chi connectivity index (χ3v) is 4.71. The molecule has 0 atom stereocenters. The summed E-state index contributed by atoms with van der Waals surface area (Å²) < 4.78 is 8.36. The molecule has 0 radical (unpaired) electrons. The molecule has 28 heavy (non-hydrogen) atoms. The molecule has 0 aliphatic heterocycles. The number of aromatic nitrogens is 3. The molecule has 0 saturated heterocycles. The first-order valence-corrected chi connectivity index (χ1v) is 9.36. The molecule has 0 bridgehead atoms. The molecule has 7 nitrogen and oxygen atoms in total. The molecule has 0 aliphatic carbocycles. The number of nitrogens with zero attached hydrogens (tertiary/aromatic N) is 4. The molecule has 0 amide bonds. The summed E-state index contributed by atoms with van der Waals surface area (Å²) in [4.78, 5) is 24.1. The molecule has 3 aromatic rings. The minimum Gasteiger partial charge on any atom is -0.462 e. The molecule has 0 aliphatic rings. The summed E-state index contributed by atoms with van der Waals surface area (Å²) in [6.07, 6.45) is 3.02. The smallest absolute Gasteiger partial charge is 0.338 e. The van der Waals surface area contributed by atoms with E-state index in [4.69, 9.17) is 16.3 Å². The number of unbranched alkanes of at least 4 members (excludes halogenated alkanes) is 1. The summed E-state index contributed by atoms with van der Waals surface area (Å²) in [5.74, 6) is -0.348. The van der Waals surface area contributed by atoms with Crippen LogP contribution in [0.2, 0.25) is 5.02 Å². The van der Waals surface area contributed by atoms with Crippen molar-refractivity contribution in [3.8, 4) is 6.07 Å². The van der Waals surface area contributed by atoms with Crippen molar-refractivity contribution in [2.75, 3.05) is 6.61 Å². The Bertz CT molecular complexity index is 1100. The van der Waals surface area contributed by atoms with Gasteiger partial charge in [0.05, 0.1) is 23.1 Å². The van der Waals surface area contributed by atoms with Crippen LogP contribution in [0.1, 0.15) is 35.7 Å². The van der Waals surface area contributed by atoms with Gasteiger partial charge in [-0.3, -0.25) is 4.79 Å². The zero-order chi connectivity index (χ0) is 20.1. The number of carbonyl (C=O) groups excluding carboxylic acids is 1. The van der Waals surface area contributed by atoms with Gasteiger partial charge < -0.3 is 9.30 Å². The summed E-state index contributed by atoms with van der Waals surface area (Å²) in [7, 11) is 0. The fourth-order valence-electron chi connectivity index (χ4n) is 2.93. The molecule has 1 aromatic carbocycles. The number of hydrogen-bond acceptors (Lipinski definition) is 5. The van der Waals surface area contributed by atoms with E-state index in [1.54, 1.807) is 37.4 Å². The Morgan fingerprint density at radius 1 is 1.29 bits per heavy atom. The maximum Gasteiger partial charge on any atom is 0.338 e. The monoisotopic (exact) mass is 398 g/mol. The first-order chi connectivity index (χ1) is 13.6. The molecule has 3 rings (SSSR count). The second kappa shape index (κ2) is 8.72. The molecular weight excluding hydrogens is 380 g/mol. The van der Waals surface area contributed by atoms with Crippen LogP contribution in [-0.4, -0.2) is 26.9 Å². The standard InChI is InChI=1S/C20H19ClN4O3/c1-2-25-19(26)17(21)16-15(12-22)13-24(18(16)23-25)10-6-7-11-28-20(27)14-8-4-3-5-9-14/h3-5,8-9,13H,2,6-7,10-11H2,1H3. The van der Waals surface area contributed by atoms with Crippen molar-refractivity contribution in [2.45, 2.75) is 32.9 Å². The van der Waals surface area contributed by atoms with Gasteiger partial charge >= 0.3 is 5.97 Å². The van der Waals surface area contributed by atoms with Gasteiger partial charge in [0, 0.05) is 19.3 Å². The lowest BCUT2D eigenvalue weighted by Crippen LogP contribution is -2.23. The van der Waals surface area contributed by atoms with Crippen LogP contribution in [0.4, 0.5) is 0 Å². The second-order valence-electron chi connectivity index (χ2n) is 6.19. The Hall–Kier alpha value is -3.11. The highest BCUT2D eigenvalue weighted by molar-refractivity contribution is 6.35. The van der Waals surface area contributed by atoms with Crippen LogP contribution < -0.4 is 5.56 Å². The Morgan fingerprint density at radius 2 is 2.04 bits per heavy atom. The number of halogens is 1. The molecule has 0 N–H and O–H groups in total. The van der Waals surface area contributed by atoms with Crippen LogP contribution in [0.25, 0.3) is 11.0 Å². The maximum atomic E-state index is 12.2. The van der Waals surface area contributed by atoms with Crippen LogP contribution in [0.5, 0.6) is 0 Å². The van der Waals surface area contributed by atoms with E-state index in [9.17, 15) is 14.9 Å². The average Bonchev–Trinajstić information content (AvgIpc) is 3.08. The van der Waals surface area contributed by atoms with E-state index in [2.05, 4.69) is 11.2 Å². The Labute approximate surface area is 166 Å². The lowest BCUT2D eigenvalue weighted by Gasteiger charge is -2.08. The topological polar surface area (TPSA) is 89.9 Å². The van der Waals surface area contributed by atoms with Gasteiger partial charge in [-0.25, -0.2) is 9.48 Å². The fraction of sp³-hybridized carbons (Fsp3) is 0.300. The van der Waals surface area contributed by atoms with Gasteiger partial charge in [0.2, 0.25) is 0 Å². The number of ether oxygens (including phenoxy) is 1. The highest BCUT2D eigenvalue weighted by atomic mass is 35.5. The minimum atomic E-state index is -0.404. The number of fused-ring (bicyclic) bond motifs is 1. The normalized spacial score (nSPS) is 10.8. The van der Waals surface area contributed by atoms with Crippen LogP contribution >= 0.6 is 11.6 Å². The van der Waals surface area contributed by atoms with Crippen molar-refractivity contribution >= 4 is 28.6 Å². The zero-order valence-electron chi connectivity index (χ0n) is 15.4. The summed E-state index contributed by atoms with van der Waals surface area (Å²) in [5.41, 5.74) is 0.945. The first kappa shape index (κ1) is 19.6. The Balaban J connectivity index is 1.66. The number of nitriles is 1. The number of benzene rings is 1. The SMILES string of the molecule is CCn1nc2c(c(C#N)cn2CCCCOC(=O)c2ccccc2)c(Cl)c1=O. The molecular formula is C20H19ClN4O3. The molecule has 0 saturated carbocycles. The van der Waals surface area contributed by atoms with Crippen molar-refractivity contribution in [2.24, 2.45) is 0 Å². The summed E-state index contributed by atoms with van der Waals surface area (Å²) in [6, 6.07) is 10.9. The highest BCUT2D eigenvalue weighted by Crippen LogP contribution is 2.24. The van der Waals surface area contributed by atoms with Crippen molar-refractivity contribution in [1.29, 1.82) is 5.26 Å². The van der Waals surface area contributed by atoms with E-state index in [-0.39, 0.29) is 11.0 Å². The lowest BCUT2D eigenvalue weighted by atomic mass is 10.2. The quantitative estimate of drug-likeness (QED) is 0.449. The lowest BCUT2D eigenvalue weighted by molar-refractivity contribution is 0.0497. The third kappa shape index (κ3) is 3.92. The van der Waals surface area contributed by atoms with E-state index in [0.717, 1.165) is 0 Å². The summed E-state index contributed by atoms with van der Waals surface area (Å²) in [5, 5.41) is 14.1. The number of esters is 1. The first-order valence-electron chi connectivity index (χ1n) is 8.98. The van der Waals surface area contributed by atoms with E-state index in [1.807, 2.05) is 10.6 Å². The molecule has 144 valence electrons. The van der Waals surface area contributed by atoms with Gasteiger partial charge in [0.1, 0.15) is 11.1 Å². The Morgan fingerprint density at radius 3 is 2.71 bits per heavy atom. The van der Waals surface area contributed by atoms with Gasteiger partial charge in [0.15, 0.2) is 5.65 Å². The largest absolute Gasteiger partial charge is 0.462 e. The summed E-state index contributed by atoms with van der Waals surface area (Å²) >= 11 is 6.19. The maximum absolute atomic E-state index is 12.2. The molecule has 8 heteroatoms.